The molecule has 1 aromatic heterocycles. The zero-order chi connectivity index (χ0) is 18.0. The summed E-state index contributed by atoms with van der Waals surface area (Å²) in [5.74, 6) is -0.566. The van der Waals surface area contributed by atoms with Crippen LogP contribution in [0.2, 0.25) is 0 Å². The Bertz CT molecular complexity index is 971. The molecule has 0 aliphatic carbocycles. The fraction of sp³-hybridized carbons (Fsp3) is 0.263. The third-order valence-corrected chi connectivity index (χ3v) is 5.69. The Morgan fingerprint density at radius 3 is 2.60 bits per heavy atom. The molecule has 25 heavy (non-hydrogen) atoms. The SMILES string of the molecule is CCn1c(=NC(=O)c2ccc(SC(C)C)cc2)sc2cc(F)ccc21. The number of hydrogen-bond donors (Lipinski definition) is 0. The predicted molar refractivity (Wildman–Crippen MR) is 103 cm³/mol. The van der Waals surface area contributed by atoms with Crippen LogP contribution in [-0.4, -0.2) is 15.7 Å². The second-order valence-electron chi connectivity index (χ2n) is 5.85. The van der Waals surface area contributed by atoms with Gasteiger partial charge in [0.1, 0.15) is 5.82 Å². The molecule has 1 heterocycles. The van der Waals surface area contributed by atoms with Crippen LogP contribution >= 0.6 is 23.1 Å². The van der Waals surface area contributed by atoms with Crippen LogP contribution in [0.4, 0.5) is 4.39 Å². The molecule has 0 aliphatic heterocycles. The molecule has 130 valence electrons. The number of fused-ring (bicyclic) bond motifs is 1. The molecule has 6 heteroatoms. The van der Waals surface area contributed by atoms with Crippen LogP contribution in [0.15, 0.2) is 52.4 Å². The second kappa shape index (κ2) is 7.54. The average Bonchev–Trinajstić information content (AvgIpc) is 2.90. The first kappa shape index (κ1) is 17.9. The first-order chi connectivity index (χ1) is 12.0. The van der Waals surface area contributed by atoms with Crippen molar-refractivity contribution in [1.29, 1.82) is 0 Å². The van der Waals surface area contributed by atoms with Gasteiger partial charge in [-0.05, 0) is 49.4 Å². The molecular weight excluding hydrogens is 355 g/mol. The van der Waals surface area contributed by atoms with E-state index in [1.807, 2.05) is 23.6 Å². The summed E-state index contributed by atoms with van der Waals surface area (Å²) in [6.07, 6.45) is 0. The van der Waals surface area contributed by atoms with Gasteiger partial charge in [0.25, 0.3) is 5.91 Å². The van der Waals surface area contributed by atoms with E-state index >= 15 is 0 Å². The highest BCUT2D eigenvalue weighted by molar-refractivity contribution is 7.99. The summed E-state index contributed by atoms with van der Waals surface area (Å²) in [5, 5.41) is 0.494. The monoisotopic (exact) mass is 374 g/mol. The highest BCUT2D eigenvalue weighted by Gasteiger charge is 2.09. The molecule has 0 unspecified atom stereocenters. The van der Waals surface area contributed by atoms with Gasteiger partial charge < -0.3 is 4.57 Å². The van der Waals surface area contributed by atoms with E-state index in [-0.39, 0.29) is 11.7 Å². The summed E-state index contributed by atoms with van der Waals surface area (Å²) in [5.41, 5.74) is 1.45. The molecule has 2 aromatic carbocycles. The lowest BCUT2D eigenvalue weighted by molar-refractivity contribution is 0.0998. The first-order valence-corrected chi connectivity index (χ1v) is 9.82. The zero-order valence-electron chi connectivity index (χ0n) is 14.3. The van der Waals surface area contributed by atoms with Gasteiger partial charge in [-0.2, -0.15) is 4.99 Å². The summed E-state index contributed by atoms with van der Waals surface area (Å²) >= 11 is 3.08. The molecular formula is C19H19FN2OS2. The highest BCUT2D eigenvalue weighted by atomic mass is 32.2. The second-order valence-corrected chi connectivity index (χ2v) is 8.51. The van der Waals surface area contributed by atoms with Crippen LogP contribution in [-0.2, 0) is 6.54 Å². The Morgan fingerprint density at radius 2 is 1.96 bits per heavy atom. The normalized spacial score (nSPS) is 12.3. The van der Waals surface area contributed by atoms with Gasteiger partial charge in [0.05, 0.1) is 10.2 Å². The Kier molecular flexibility index (Phi) is 5.39. The number of thiazole rings is 1. The van der Waals surface area contributed by atoms with Gasteiger partial charge in [0.2, 0.25) is 0 Å². The number of benzene rings is 2. The van der Waals surface area contributed by atoms with E-state index in [1.54, 1.807) is 30.0 Å². The summed E-state index contributed by atoms with van der Waals surface area (Å²) in [4.78, 5) is 18.5. The lowest BCUT2D eigenvalue weighted by Gasteiger charge is -2.04. The molecule has 0 radical (unpaired) electrons. The molecule has 3 rings (SSSR count). The zero-order valence-corrected chi connectivity index (χ0v) is 16.0. The van der Waals surface area contributed by atoms with Crippen LogP contribution in [0.5, 0.6) is 0 Å². The lowest BCUT2D eigenvalue weighted by atomic mass is 10.2. The fourth-order valence-corrected chi connectivity index (χ4v) is 4.49. The number of aromatic nitrogens is 1. The molecule has 0 spiro atoms. The Hall–Kier alpha value is -1.92. The molecule has 0 saturated heterocycles. The van der Waals surface area contributed by atoms with E-state index in [1.165, 1.54) is 23.5 Å². The Morgan fingerprint density at radius 1 is 1.24 bits per heavy atom. The molecule has 0 N–H and O–H groups in total. The van der Waals surface area contributed by atoms with Gasteiger partial charge in [-0.3, -0.25) is 4.79 Å². The lowest BCUT2D eigenvalue weighted by Crippen LogP contribution is -2.15. The van der Waals surface area contributed by atoms with Crippen molar-refractivity contribution < 1.29 is 9.18 Å². The largest absolute Gasteiger partial charge is 0.317 e. The number of thioether (sulfide) groups is 1. The van der Waals surface area contributed by atoms with E-state index in [0.717, 1.165) is 15.1 Å². The first-order valence-electron chi connectivity index (χ1n) is 8.12. The van der Waals surface area contributed by atoms with Gasteiger partial charge in [-0.1, -0.05) is 25.2 Å². The third-order valence-electron chi connectivity index (χ3n) is 3.63. The van der Waals surface area contributed by atoms with Crippen LogP contribution in [0, 0.1) is 5.82 Å². The van der Waals surface area contributed by atoms with E-state index in [4.69, 9.17) is 0 Å². The molecule has 0 atom stereocenters. The van der Waals surface area contributed by atoms with Crippen molar-refractivity contribution in [3.05, 3.63) is 58.6 Å². The minimum atomic E-state index is -0.284. The van der Waals surface area contributed by atoms with Gasteiger partial charge >= 0.3 is 0 Å². The van der Waals surface area contributed by atoms with Crippen molar-refractivity contribution in [2.24, 2.45) is 4.99 Å². The predicted octanol–water partition coefficient (Wildman–Crippen LogP) is 5.10. The molecule has 3 aromatic rings. The Balaban J connectivity index is 1.97. The number of amides is 1. The minimum Gasteiger partial charge on any atom is -0.317 e. The number of halogens is 1. The van der Waals surface area contributed by atoms with E-state index in [2.05, 4.69) is 18.8 Å². The van der Waals surface area contributed by atoms with Gasteiger partial charge in [-0.15, -0.1) is 11.8 Å². The topological polar surface area (TPSA) is 34.4 Å². The van der Waals surface area contributed by atoms with Crippen LogP contribution in [0.1, 0.15) is 31.1 Å². The molecule has 0 saturated carbocycles. The number of carbonyl (C=O) groups excluding carboxylic acids is 1. The number of rotatable bonds is 4. The number of aryl methyl sites for hydroxylation is 1. The van der Waals surface area contributed by atoms with Gasteiger partial charge in [-0.25, -0.2) is 4.39 Å². The summed E-state index contributed by atoms with van der Waals surface area (Å²) in [6.45, 7) is 6.92. The van der Waals surface area contributed by atoms with Crippen molar-refractivity contribution in [2.75, 3.05) is 0 Å². The van der Waals surface area contributed by atoms with Crippen molar-refractivity contribution in [3.8, 4) is 0 Å². The maximum Gasteiger partial charge on any atom is 0.279 e. The highest BCUT2D eigenvalue weighted by Crippen LogP contribution is 2.23. The van der Waals surface area contributed by atoms with E-state index in [0.29, 0.717) is 22.2 Å². The van der Waals surface area contributed by atoms with Gasteiger partial charge in [0, 0.05) is 22.3 Å². The van der Waals surface area contributed by atoms with Gasteiger partial charge in [0.15, 0.2) is 4.80 Å². The Labute approximate surface area is 154 Å². The minimum absolute atomic E-state index is 0.282. The van der Waals surface area contributed by atoms with Crippen molar-refractivity contribution in [3.63, 3.8) is 0 Å². The molecule has 1 amide bonds. The summed E-state index contributed by atoms with van der Waals surface area (Å²) < 4.78 is 16.2. The smallest absolute Gasteiger partial charge is 0.279 e. The fourth-order valence-electron chi connectivity index (χ4n) is 2.54. The summed E-state index contributed by atoms with van der Waals surface area (Å²) in [6, 6.07) is 12.1. The molecule has 0 aliphatic rings. The van der Waals surface area contributed by atoms with Crippen molar-refractivity contribution >= 4 is 39.2 Å². The molecule has 3 nitrogen and oxygen atoms in total. The van der Waals surface area contributed by atoms with Crippen molar-refractivity contribution in [2.45, 2.75) is 37.5 Å². The standard InChI is InChI=1S/C19H19FN2OS2/c1-4-22-16-10-7-14(20)11-17(16)25-19(22)21-18(23)13-5-8-15(9-6-13)24-12(2)3/h5-12H,4H2,1-3H3. The van der Waals surface area contributed by atoms with Crippen LogP contribution < -0.4 is 4.80 Å². The molecule has 0 fully saturated rings. The maximum absolute atomic E-state index is 13.4. The van der Waals surface area contributed by atoms with Crippen LogP contribution in [0.3, 0.4) is 0 Å². The number of hydrogen-bond acceptors (Lipinski definition) is 3. The van der Waals surface area contributed by atoms with E-state index in [9.17, 15) is 9.18 Å². The number of nitrogens with zero attached hydrogens (tertiary/aromatic N) is 2. The van der Waals surface area contributed by atoms with E-state index < -0.39 is 0 Å². The molecule has 0 bridgehead atoms. The third kappa shape index (κ3) is 4.02. The van der Waals surface area contributed by atoms with Crippen molar-refractivity contribution in [1.82, 2.24) is 4.57 Å². The average molecular weight is 375 g/mol. The quantitative estimate of drug-likeness (QED) is 0.595. The summed E-state index contributed by atoms with van der Waals surface area (Å²) in [7, 11) is 0. The maximum atomic E-state index is 13.4. The van der Waals surface area contributed by atoms with Crippen LogP contribution in [0.25, 0.3) is 10.2 Å². The number of carbonyl (C=O) groups is 1.